The minimum Gasteiger partial charge on any atom is -0.321 e. The zero-order valence-corrected chi connectivity index (χ0v) is 9.85. The molecular weight excluding hydrogens is 182 g/mol. The molecule has 2 N–H and O–H groups in total. The molecule has 0 radical (unpaired) electrons. The number of nitrogens with two attached hydrogens (primary N) is 1. The van der Waals surface area contributed by atoms with Crippen LogP contribution in [-0.4, -0.2) is 6.04 Å². The fourth-order valence-electron chi connectivity index (χ4n) is 1.08. The molecule has 0 fully saturated rings. The molecule has 0 saturated heterocycles. The van der Waals surface area contributed by atoms with Crippen LogP contribution in [0.4, 0.5) is 0 Å². The molecule has 1 atom stereocenters. The summed E-state index contributed by atoms with van der Waals surface area (Å²) in [5.41, 5.74) is 6.98. The Morgan fingerprint density at radius 3 is 2.47 bits per heavy atom. The summed E-state index contributed by atoms with van der Waals surface area (Å²) in [6.45, 7) is 5.99. The molecule has 1 rings (SSSR count). The first-order valence-electron chi connectivity index (χ1n) is 5.44. The molecular formula is C14H21N. The van der Waals surface area contributed by atoms with Gasteiger partial charge in [0.1, 0.15) is 0 Å². The van der Waals surface area contributed by atoms with Gasteiger partial charge in [0.2, 0.25) is 0 Å². The Labute approximate surface area is 93.4 Å². The predicted molar refractivity (Wildman–Crippen MR) is 69.6 cm³/mol. The van der Waals surface area contributed by atoms with Crippen molar-refractivity contribution in [1.82, 2.24) is 0 Å². The van der Waals surface area contributed by atoms with Gasteiger partial charge in [-0.25, -0.2) is 0 Å². The Kier molecular flexibility index (Phi) is 8.40. The highest BCUT2D eigenvalue weighted by Gasteiger charge is 2.02. The van der Waals surface area contributed by atoms with Crippen LogP contribution in [0.15, 0.2) is 60.3 Å². The number of allylic oxidation sites excluding steroid dienone is 7. The molecule has 1 aliphatic rings. The lowest BCUT2D eigenvalue weighted by Gasteiger charge is -2.09. The van der Waals surface area contributed by atoms with Crippen LogP contribution >= 0.6 is 0 Å². The van der Waals surface area contributed by atoms with Crippen molar-refractivity contribution in [3.63, 3.8) is 0 Å². The van der Waals surface area contributed by atoms with Crippen molar-refractivity contribution in [2.45, 2.75) is 26.8 Å². The van der Waals surface area contributed by atoms with Crippen LogP contribution in [-0.2, 0) is 0 Å². The molecule has 0 saturated carbocycles. The van der Waals surface area contributed by atoms with Crippen molar-refractivity contribution in [3.8, 4) is 0 Å². The molecule has 0 heterocycles. The zero-order chi connectivity index (χ0) is 11.5. The highest BCUT2D eigenvalue weighted by atomic mass is 14.6. The summed E-state index contributed by atoms with van der Waals surface area (Å²) in [4.78, 5) is 0. The van der Waals surface area contributed by atoms with Crippen molar-refractivity contribution in [2.24, 2.45) is 5.73 Å². The SMILES string of the molecule is CC.C\C=C/C=C\C=C1/C=CC=CC1N. The van der Waals surface area contributed by atoms with E-state index >= 15 is 0 Å². The smallest absolute Gasteiger partial charge is 0.0484 e. The van der Waals surface area contributed by atoms with Crippen LogP contribution in [0.3, 0.4) is 0 Å². The van der Waals surface area contributed by atoms with E-state index in [2.05, 4.69) is 0 Å². The molecule has 1 aliphatic carbocycles. The maximum atomic E-state index is 5.84. The van der Waals surface area contributed by atoms with Gasteiger partial charge in [-0.1, -0.05) is 68.5 Å². The number of hydrogen-bond acceptors (Lipinski definition) is 1. The summed E-state index contributed by atoms with van der Waals surface area (Å²) in [5, 5.41) is 0. The van der Waals surface area contributed by atoms with Gasteiger partial charge in [-0.15, -0.1) is 0 Å². The lowest BCUT2D eigenvalue weighted by atomic mass is 10.0. The van der Waals surface area contributed by atoms with Crippen molar-refractivity contribution < 1.29 is 0 Å². The Bertz CT molecular complexity index is 290. The molecule has 0 amide bonds. The van der Waals surface area contributed by atoms with E-state index in [1.54, 1.807) is 0 Å². The third kappa shape index (κ3) is 5.87. The molecule has 82 valence electrons. The van der Waals surface area contributed by atoms with Gasteiger partial charge in [0.05, 0.1) is 0 Å². The highest BCUT2D eigenvalue weighted by Crippen LogP contribution is 2.08. The second-order valence-corrected chi connectivity index (χ2v) is 2.85. The van der Waals surface area contributed by atoms with Gasteiger partial charge < -0.3 is 5.73 Å². The minimum atomic E-state index is 0.0419. The second-order valence-electron chi connectivity index (χ2n) is 2.85. The summed E-state index contributed by atoms with van der Waals surface area (Å²) < 4.78 is 0. The van der Waals surface area contributed by atoms with Crippen molar-refractivity contribution >= 4 is 0 Å². The molecule has 0 aromatic heterocycles. The van der Waals surface area contributed by atoms with E-state index < -0.39 is 0 Å². The minimum absolute atomic E-state index is 0.0419. The molecule has 0 bridgehead atoms. The Morgan fingerprint density at radius 1 is 1.13 bits per heavy atom. The van der Waals surface area contributed by atoms with Crippen LogP contribution in [0.1, 0.15) is 20.8 Å². The van der Waals surface area contributed by atoms with Gasteiger partial charge in [0.15, 0.2) is 0 Å². The van der Waals surface area contributed by atoms with Gasteiger partial charge in [0.25, 0.3) is 0 Å². The van der Waals surface area contributed by atoms with Crippen molar-refractivity contribution in [1.29, 1.82) is 0 Å². The number of hydrogen-bond donors (Lipinski definition) is 1. The van der Waals surface area contributed by atoms with E-state index in [1.807, 2.05) is 75.5 Å². The summed E-state index contributed by atoms with van der Waals surface area (Å²) in [7, 11) is 0. The lowest BCUT2D eigenvalue weighted by molar-refractivity contribution is 0.971. The van der Waals surface area contributed by atoms with E-state index in [-0.39, 0.29) is 6.04 Å². The Hall–Kier alpha value is -1.34. The third-order valence-corrected chi connectivity index (χ3v) is 1.81. The standard InChI is InChI=1S/C12H15N.C2H6/c1-2-3-4-5-8-11-9-6-7-10-12(11)13;1-2/h2-10,12H,13H2,1H3;1-2H3/b3-2-,5-4-,11-8+;. The van der Waals surface area contributed by atoms with Crippen LogP contribution in [0.25, 0.3) is 0 Å². The van der Waals surface area contributed by atoms with E-state index in [1.165, 1.54) is 0 Å². The van der Waals surface area contributed by atoms with E-state index in [4.69, 9.17) is 5.73 Å². The summed E-state index contributed by atoms with van der Waals surface area (Å²) >= 11 is 0. The van der Waals surface area contributed by atoms with Crippen molar-refractivity contribution in [2.75, 3.05) is 0 Å². The predicted octanol–water partition coefficient (Wildman–Crippen LogP) is 3.52. The third-order valence-electron chi connectivity index (χ3n) is 1.81. The molecule has 0 aliphatic heterocycles. The topological polar surface area (TPSA) is 26.0 Å². The van der Waals surface area contributed by atoms with Gasteiger partial charge in [-0.05, 0) is 12.5 Å². The summed E-state index contributed by atoms with van der Waals surface area (Å²) in [6.07, 6.45) is 18.0. The van der Waals surface area contributed by atoms with Gasteiger partial charge >= 0.3 is 0 Å². The normalized spacial score (nSPS) is 22.4. The van der Waals surface area contributed by atoms with E-state index in [0.717, 1.165) is 5.57 Å². The largest absolute Gasteiger partial charge is 0.321 e. The van der Waals surface area contributed by atoms with Crippen LogP contribution in [0, 0.1) is 0 Å². The molecule has 0 aromatic carbocycles. The quantitative estimate of drug-likeness (QED) is 0.683. The number of rotatable bonds is 2. The van der Waals surface area contributed by atoms with Crippen LogP contribution < -0.4 is 5.73 Å². The molecule has 1 unspecified atom stereocenters. The summed E-state index contributed by atoms with van der Waals surface area (Å²) in [5.74, 6) is 0. The van der Waals surface area contributed by atoms with Crippen LogP contribution in [0.2, 0.25) is 0 Å². The van der Waals surface area contributed by atoms with E-state index in [9.17, 15) is 0 Å². The second kappa shape index (κ2) is 9.22. The monoisotopic (exact) mass is 203 g/mol. The summed E-state index contributed by atoms with van der Waals surface area (Å²) in [6, 6.07) is 0.0419. The molecule has 15 heavy (non-hydrogen) atoms. The Morgan fingerprint density at radius 2 is 1.87 bits per heavy atom. The average molecular weight is 203 g/mol. The van der Waals surface area contributed by atoms with Crippen LogP contribution in [0.5, 0.6) is 0 Å². The van der Waals surface area contributed by atoms with Gasteiger partial charge in [-0.2, -0.15) is 0 Å². The van der Waals surface area contributed by atoms with E-state index in [0.29, 0.717) is 0 Å². The first kappa shape index (κ1) is 13.7. The molecule has 1 heteroatoms. The maximum Gasteiger partial charge on any atom is 0.0484 e. The lowest BCUT2D eigenvalue weighted by Crippen LogP contribution is -2.19. The zero-order valence-electron chi connectivity index (χ0n) is 9.85. The van der Waals surface area contributed by atoms with Gasteiger partial charge in [0, 0.05) is 6.04 Å². The molecule has 0 aromatic rings. The average Bonchev–Trinajstić information content (AvgIpc) is 2.29. The Balaban J connectivity index is 0.000000921. The van der Waals surface area contributed by atoms with Gasteiger partial charge in [-0.3, -0.25) is 0 Å². The molecule has 0 spiro atoms. The first-order chi connectivity index (χ1) is 7.34. The fraction of sp³-hybridized carbons (Fsp3) is 0.286. The maximum absolute atomic E-state index is 5.84. The fourth-order valence-corrected chi connectivity index (χ4v) is 1.08. The highest BCUT2D eigenvalue weighted by molar-refractivity contribution is 5.38. The first-order valence-corrected chi connectivity index (χ1v) is 5.44. The van der Waals surface area contributed by atoms with Crippen molar-refractivity contribution in [3.05, 3.63) is 60.3 Å². The molecule has 1 nitrogen and oxygen atoms in total.